The van der Waals surface area contributed by atoms with Gasteiger partial charge < -0.3 is 15.7 Å². The molecule has 0 saturated heterocycles. The van der Waals surface area contributed by atoms with Crippen molar-refractivity contribution < 1.29 is 14.7 Å². The molecule has 1 saturated carbocycles. The zero-order chi connectivity index (χ0) is 16.6. The summed E-state index contributed by atoms with van der Waals surface area (Å²) in [5.41, 5.74) is 3.26. The molecule has 0 bridgehead atoms. The minimum Gasteiger partial charge on any atom is -0.465 e. The van der Waals surface area contributed by atoms with Crippen LogP contribution in [0.25, 0.3) is 0 Å². The van der Waals surface area contributed by atoms with Crippen molar-refractivity contribution in [2.24, 2.45) is 7.05 Å². The van der Waals surface area contributed by atoms with E-state index in [0.29, 0.717) is 11.3 Å². The highest BCUT2D eigenvalue weighted by Gasteiger charge is 2.40. The minimum atomic E-state index is -1.01. The summed E-state index contributed by atoms with van der Waals surface area (Å²) in [5.74, 6) is -0.0696. The number of hydrogen-bond donors (Lipinski definition) is 3. The van der Waals surface area contributed by atoms with Crippen molar-refractivity contribution in [2.45, 2.75) is 25.3 Å². The summed E-state index contributed by atoms with van der Waals surface area (Å²) < 4.78 is 1.61. The molecular formula is C16H18N4O3. The van der Waals surface area contributed by atoms with E-state index in [-0.39, 0.29) is 17.9 Å². The molecule has 1 heterocycles. The molecule has 1 fully saturated rings. The Bertz CT molecular complexity index is 768. The number of amides is 2. The second-order valence-corrected chi connectivity index (χ2v) is 5.83. The standard InChI is InChI=1S/C16H18N4O3/c1-9-3-4-10(15(21)18-11-7-17-20(2)8-11)5-12(9)13-6-14(13)19-16(22)23/h3-5,7-8,13-14,19H,6H2,1-2H3,(H,18,21)(H,22,23)/t13-,14+/m0/s1. The van der Waals surface area contributed by atoms with Crippen LogP contribution >= 0.6 is 0 Å². The molecule has 1 aliphatic carbocycles. The summed E-state index contributed by atoms with van der Waals surface area (Å²) in [6.07, 6.45) is 3.06. The summed E-state index contributed by atoms with van der Waals surface area (Å²) in [4.78, 5) is 23.0. The van der Waals surface area contributed by atoms with Crippen LogP contribution < -0.4 is 10.6 Å². The molecule has 3 rings (SSSR count). The van der Waals surface area contributed by atoms with Crippen LogP contribution in [0.15, 0.2) is 30.6 Å². The Hall–Kier alpha value is -2.83. The Labute approximate surface area is 133 Å². The first-order chi connectivity index (χ1) is 10.9. The second-order valence-electron chi connectivity index (χ2n) is 5.83. The highest BCUT2D eigenvalue weighted by atomic mass is 16.4. The Kier molecular flexibility index (Phi) is 3.77. The fourth-order valence-electron chi connectivity index (χ4n) is 2.73. The van der Waals surface area contributed by atoms with Gasteiger partial charge in [0.1, 0.15) is 0 Å². The van der Waals surface area contributed by atoms with Crippen molar-refractivity contribution in [1.82, 2.24) is 15.1 Å². The topological polar surface area (TPSA) is 96.3 Å². The van der Waals surface area contributed by atoms with Gasteiger partial charge >= 0.3 is 6.09 Å². The lowest BCUT2D eigenvalue weighted by atomic mass is 10.0. The van der Waals surface area contributed by atoms with E-state index in [1.165, 1.54) is 0 Å². The molecule has 2 amide bonds. The summed E-state index contributed by atoms with van der Waals surface area (Å²) in [6, 6.07) is 5.44. The first kappa shape index (κ1) is 15.1. The molecule has 23 heavy (non-hydrogen) atoms. The van der Waals surface area contributed by atoms with Gasteiger partial charge in [-0.05, 0) is 36.6 Å². The van der Waals surface area contributed by atoms with Crippen LogP contribution in [0.2, 0.25) is 0 Å². The molecule has 1 aliphatic rings. The highest BCUT2D eigenvalue weighted by molar-refractivity contribution is 6.04. The van der Waals surface area contributed by atoms with Crippen molar-refractivity contribution >= 4 is 17.7 Å². The minimum absolute atomic E-state index is 0.0668. The number of carbonyl (C=O) groups is 2. The largest absolute Gasteiger partial charge is 0.465 e. The van der Waals surface area contributed by atoms with Gasteiger partial charge in [-0.3, -0.25) is 9.48 Å². The molecule has 2 atom stereocenters. The average Bonchev–Trinajstić information content (AvgIpc) is 3.10. The molecule has 0 aliphatic heterocycles. The molecule has 0 spiro atoms. The number of aromatic nitrogens is 2. The Morgan fingerprint density at radius 2 is 2.17 bits per heavy atom. The van der Waals surface area contributed by atoms with Crippen LogP contribution in [-0.2, 0) is 7.05 Å². The van der Waals surface area contributed by atoms with E-state index in [0.717, 1.165) is 17.5 Å². The molecule has 7 heteroatoms. The lowest BCUT2D eigenvalue weighted by Gasteiger charge is -2.09. The Balaban J connectivity index is 1.75. The number of carboxylic acid groups (broad SMARTS) is 1. The van der Waals surface area contributed by atoms with Crippen LogP contribution in [0.5, 0.6) is 0 Å². The van der Waals surface area contributed by atoms with Crippen molar-refractivity contribution in [3.63, 3.8) is 0 Å². The summed E-state index contributed by atoms with van der Waals surface area (Å²) in [5, 5.41) is 18.1. The molecule has 7 nitrogen and oxygen atoms in total. The number of anilines is 1. The first-order valence-corrected chi connectivity index (χ1v) is 7.34. The number of aryl methyl sites for hydroxylation is 2. The maximum atomic E-state index is 12.3. The van der Waals surface area contributed by atoms with E-state index in [2.05, 4.69) is 15.7 Å². The average molecular weight is 314 g/mol. The number of carbonyl (C=O) groups excluding carboxylic acids is 1. The fraction of sp³-hybridized carbons (Fsp3) is 0.312. The maximum Gasteiger partial charge on any atom is 0.404 e. The number of nitrogens with one attached hydrogen (secondary N) is 2. The van der Waals surface area contributed by atoms with Gasteiger partial charge in [0.05, 0.1) is 11.9 Å². The van der Waals surface area contributed by atoms with Crippen molar-refractivity contribution in [3.8, 4) is 0 Å². The van der Waals surface area contributed by atoms with Gasteiger partial charge in [-0.1, -0.05) is 6.07 Å². The van der Waals surface area contributed by atoms with Crippen LogP contribution in [-0.4, -0.2) is 32.9 Å². The lowest BCUT2D eigenvalue weighted by Crippen LogP contribution is -2.24. The predicted octanol–water partition coefficient (Wildman–Crippen LogP) is 2.10. The Morgan fingerprint density at radius 3 is 2.83 bits per heavy atom. The molecule has 0 unspecified atom stereocenters. The van der Waals surface area contributed by atoms with E-state index in [1.807, 2.05) is 19.1 Å². The van der Waals surface area contributed by atoms with Crippen molar-refractivity contribution in [1.29, 1.82) is 0 Å². The SMILES string of the molecule is Cc1ccc(C(=O)Nc2cnn(C)c2)cc1[C@@H]1C[C@H]1NC(=O)O. The van der Waals surface area contributed by atoms with Crippen LogP contribution in [0.3, 0.4) is 0 Å². The molecule has 1 aromatic heterocycles. The summed E-state index contributed by atoms with van der Waals surface area (Å²) in [6.45, 7) is 1.97. The second kappa shape index (κ2) is 5.75. The van der Waals surface area contributed by atoms with Crippen LogP contribution in [0, 0.1) is 6.92 Å². The normalized spacial score (nSPS) is 19.2. The number of rotatable bonds is 4. The van der Waals surface area contributed by atoms with Crippen molar-refractivity contribution in [2.75, 3.05) is 5.32 Å². The zero-order valence-corrected chi connectivity index (χ0v) is 12.9. The number of benzene rings is 1. The van der Waals surface area contributed by atoms with Crippen LogP contribution in [0.4, 0.5) is 10.5 Å². The van der Waals surface area contributed by atoms with E-state index >= 15 is 0 Å². The van der Waals surface area contributed by atoms with E-state index < -0.39 is 6.09 Å². The summed E-state index contributed by atoms with van der Waals surface area (Å²) >= 11 is 0. The van der Waals surface area contributed by atoms with E-state index in [9.17, 15) is 9.59 Å². The Morgan fingerprint density at radius 1 is 1.39 bits per heavy atom. The third-order valence-electron chi connectivity index (χ3n) is 4.00. The van der Waals surface area contributed by atoms with Crippen LogP contribution in [0.1, 0.15) is 33.8 Å². The third-order valence-corrected chi connectivity index (χ3v) is 4.00. The van der Waals surface area contributed by atoms with E-state index in [1.54, 1.807) is 30.2 Å². The molecule has 120 valence electrons. The first-order valence-electron chi connectivity index (χ1n) is 7.34. The monoisotopic (exact) mass is 314 g/mol. The van der Waals surface area contributed by atoms with Gasteiger partial charge in [0, 0.05) is 30.8 Å². The third kappa shape index (κ3) is 3.33. The number of nitrogens with zero attached hydrogens (tertiary/aromatic N) is 2. The van der Waals surface area contributed by atoms with Gasteiger partial charge in [-0.15, -0.1) is 0 Å². The van der Waals surface area contributed by atoms with Gasteiger partial charge in [-0.2, -0.15) is 5.10 Å². The molecule has 1 aromatic carbocycles. The zero-order valence-electron chi connectivity index (χ0n) is 12.9. The van der Waals surface area contributed by atoms with Gasteiger partial charge in [0.25, 0.3) is 5.91 Å². The van der Waals surface area contributed by atoms with Gasteiger partial charge in [-0.25, -0.2) is 4.79 Å². The summed E-state index contributed by atoms with van der Waals surface area (Å²) in [7, 11) is 1.78. The van der Waals surface area contributed by atoms with E-state index in [4.69, 9.17) is 5.11 Å². The number of hydrogen-bond acceptors (Lipinski definition) is 3. The predicted molar refractivity (Wildman–Crippen MR) is 84.6 cm³/mol. The maximum absolute atomic E-state index is 12.3. The van der Waals surface area contributed by atoms with Crippen molar-refractivity contribution in [3.05, 3.63) is 47.3 Å². The molecule has 2 aromatic rings. The molecule has 3 N–H and O–H groups in total. The quantitative estimate of drug-likeness (QED) is 0.805. The lowest BCUT2D eigenvalue weighted by molar-refractivity contribution is 0.102. The highest BCUT2D eigenvalue weighted by Crippen LogP contribution is 2.42. The van der Waals surface area contributed by atoms with Gasteiger partial charge in [0.15, 0.2) is 0 Å². The smallest absolute Gasteiger partial charge is 0.404 e. The molecule has 0 radical (unpaired) electrons. The fourth-order valence-corrected chi connectivity index (χ4v) is 2.73. The molecular weight excluding hydrogens is 296 g/mol. The van der Waals surface area contributed by atoms with Gasteiger partial charge in [0.2, 0.25) is 0 Å².